The molecule has 0 spiro atoms. The molecule has 0 bridgehead atoms. The van der Waals surface area contributed by atoms with Gasteiger partial charge in [-0.05, 0) is 63.0 Å². The summed E-state index contributed by atoms with van der Waals surface area (Å²) in [6.45, 7) is 2.99. The van der Waals surface area contributed by atoms with Crippen LogP contribution in [0.25, 0.3) is 5.69 Å². The van der Waals surface area contributed by atoms with Crippen LogP contribution >= 0.6 is 0 Å². The van der Waals surface area contributed by atoms with E-state index in [-0.39, 0.29) is 12.5 Å². The third-order valence-corrected chi connectivity index (χ3v) is 4.68. The number of aliphatic hydroxyl groups is 1. The van der Waals surface area contributed by atoms with Gasteiger partial charge in [0.2, 0.25) is 0 Å². The Morgan fingerprint density at radius 3 is 2.84 bits per heavy atom. The van der Waals surface area contributed by atoms with Gasteiger partial charge in [0.25, 0.3) is 5.91 Å². The van der Waals surface area contributed by atoms with Gasteiger partial charge in [0.05, 0.1) is 12.3 Å². The molecule has 1 aromatic carbocycles. The lowest BCUT2D eigenvalue weighted by atomic mass is 10.2. The molecule has 2 heterocycles. The Bertz CT molecular complexity index is 657. The van der Waals surface area contributed by atoms with Crippen LogP contribution < -0.4 is 5.32 Å². The molecule has 1 fully saturated rings. The van der Waals surface area contributed by atoms with Crippen molar-refractivity contribution >= 4 is 5.91 Å². The first-order valence-corrected chi connectivity index (χ1v) is 8.86. The second-order valence-electron chi connectivity index (χ2n) is 6.36. The van der Waals surface area contributed by atoms with Gasteiger partial charge in [-0.3, -0.25) is 9.69 Å². The fraction of sp³-hybridized carbons (Fsp3) is 0.500. The van der Waals surface area contributed by atoms with Crippen LogP contribution in [0.4, 0.5) is 0 Å². The molecular weight excluding hydrogens is 318 g/mol. The van der Waals surface area contributed by atoms with E-state index in [9.17, 15) is 9.90 Å². The van der Waals surface area contributed by atoms with E-state index in [2.05, 4.69) is 20.3 Å². The molecule has 0 saturated carbocycles. The van der Waals surface area contributed by atoms with E-state index in [0.29, 0.717) is 18.2 Å². The first-order chi connectivity index (χ1) is 12.3. The van der Waals surface area contributed by atoms with Gasteiger partial charge in [0.15, 0.2) is 0 Å². The molecule has 134 valence electrons. The highest BCUT2D eigenvalue weighted by atomic mass is 16.3. The number of benzene rings is 1. The fourth-order valence-electron chi connectivity index (χ4n) is 3.25. The SMILES string of the molecule is O=C(NCCCCN1CCCC1CO)c1ccc(-n2cncn2)cc1. The molecule has 0 aliphatic carbocycles. The molecule has 7 nitrogen and oxygen atoms in total. The number of unbranched alkanes of at least 4 members (excludes halogenated alkanes) is 1. The molecule has 1 amide bonds. The van der Waals surface area contributed by atoms with E-state index in [4.69, 9.17) is 0 Å². The van der Waals surface area contributed by atoms with Crippen molar-refractivity contribution in [2.75, 3.05) is 26.2 Å². The fourth-order valence-corrected chi connectivity index (χ4v) is 3.25. The average molecular weight is 343 g/mol. The van der Waals surface area contributed by atoms with Crippen LogP contribution in [0, 0.1) is 0 Å². The molecule has 2 aromatic rings. The van der Waals surface area contributed by atoms with E-state index in [1.165, 1.54) is 12.7 Å². The van der Waals surface area contributed by atoms with E-state index in [1.807, 2.05) is 12.1 Å². The molecule has 1 atom stereocenters. The van der Waals surface area contributed by atoms with Crippen molar-refractivity contribution in [1.82, 2.24) is 25.0 Å². The predicted octanol–water partition coefficient (Wildman–Crippen LogP) is 1.23. The largest absolute Gasteiger partial charge is 0.395 e. The number of carbonyl (C=O) groups is 1. The summed E-state index contributed by atoms with van der Waals surface area (Å²) in [5.41, 5.74) is 1.52. The molecule has 1 aliphatic heterocycles. The minimum absolute atomic E-state index is 0.0560. The van der Waals surface area contributed by atoms with Crippen molar-refractivity contribution in [1.29, 1.82) is 0 Å². The maximum absolute atomic E-state index is 12.2. The summed E-state index contributed by atoms with van der Waals surface area (Å²) in [5.74, 6) is -0.0560. The summed E-state index contributed by atoms with van der Waals surface area (Å²) in [7, 11) is 0. The lowest BCUT2D eigenvalue weighted by Gasteiger charge is -2.22. The molecule has 1 aliphatic rings. The third kappa shape index (κ3) is 4.64. The summed E-state index contributed by atoms with van der Waals surface area (Å²) in [4.78, 5) is 18.4. The number of hydrogen-bond acceptors (Lipinski definition) is 5. The zero-order chi connectivity index (χ0) is 17.5. The minimum atomic E-state index is -0.0560. The van der Waals surface area contributed by atoms with Crippen molar-refractivity contribution < 1.29 is 9.90 Å². The van der Waals surface area contributed by atoms with Gasteiger partial charge in [-0.25, -0.2) is 9.67 Å². The number of amides is 1. The van der Waals surface area contributed by atoms with Crippen molar-refractivity contribution in [3.63, 3.8) is 0 Å². The Kier molecular flexibility index (Phi) is 6.14. The molecule has 1 unspecified atom stereocenters. The maximum atomic E-state index is 12.2. The van der Waals surface area contributed by atoms with Gasteiger partial charge in [-0.2, -0.15) is 5.10 Å². The summed E-state index contributed by atoms with van der Waals surface area (Å²) >= 11 is 0. The Hall–Kier alpha value is -2.25. The smallest absolute Gasteiger partial charge is 0.251 e. The van der Waals surface area contributed by atoms with E-state index >= 15 is 0 Å². The van der Waals surface area contributed by atoms with Crippen molar-refractivity contribution in [2.24, 2.45) is 0 Å². The second kappa shape index (κ2) is 8.73. The van der Waals surface area contributed by atoms with E-state index < -0.39 is 0 Å². The zero-order valence-corrected chi connectivity index (χ0v) is 14.3. The standard InChI is InChI=1S/C18H25N5O2/c24-12-17-4-3-11-22(17)10-2-1-9-20-18(25)15-5-7-16(8-6-15)23-14-19-13-21-23/h5-8,13-14,17,24H,1-4,9-12H2,(H,20,25). The molecule has 25 heavy (non-hydrogen) atoms. The summed E-state index contributed by atoms with van der Waals surface area (Å²) in [5, 5.41) is 16.3. The lowest BCUT2D eigenvalue weighted by Crippen LogP contribution is -2.33. The first kappa shape index (κ1) is 17.6. The minimum Gasteiger partial charge on any atom is -0.395 e. The molecular formula is C18H25N5O2. The number of nitrogens with zero attached hydrogens (tertiary/aromatic N) is 4. The van der Waals surface area contributed by atoms with Gasteiger partial charge in [0, 0.05) is 18.2 Å². The number of hydrogen-bond donors (Lipinski definition) is 2. The zero-order valence-electron chi connectivity index (χ0n) is 14.3. The predicted molar refractivity (Wildman–Crippen MR) is 94.6 cm³/mol. The summed E-state index contributed by atoms with van der Waals surface area (Å²) in [6, 6.07) is 7.63. The van der Waals surface area contributed by atoms with Gasteiger partial charge in [-0.1, -0.05) is 0 Å². The topological polar surface area (TPSA) is 83.3 Å². The number of nitrogens with one attached hydrogen (secondary N) is 1. The van der Waals surface area contributed by atoms with Gasteiger partial charge in [0.1, 0.15) is 12.7 Å². The van der Waals surface area contributed by atoms with Crippen LogP contribution in [-0.4, -0.2) is 63.0 Å². The molecule has 0 radical (unpaired) electrons. The Morgan fingerprint density at radius 1 is 1.28 bits per heavy atom. The number of likely N-dealkylation sites (tertiary alicyclic amines) is 1. The quantitative estimate of drug-likeness (QED) is 0.705. The average Bonchev–Trinajstić information content (AvgIpc) is 3.33. The van der Waals surface area contributed by atoms with Crippen molar-refractivity contribution in [3.05, 3.63) is 42.5 Å². The number of aromatic nitrogens is 3. The highest BCUT2D eigenvalue weighted by molar-refractivity contribution is 5.94. The van der Waals surface area contributed by atoms with Crippen LogP contribution in [0.5, 0.6) is 0 Å². The highest BCUT2D eigenvalue weighted by Crippen LogP contribution is 2.16. The molecule has 1 aromatic heterocycles. The van der Waals surface area contributed by atoms with E-state index in [1.54, 1.807) is 23.1 Å². The Balaban J connectivity index is 1.38. The van der Waals surface area contributed by atoms with E-state index in [0.717, 1.165) is 38.0 Å². The van der Waals surface area contributed by atoms with Gasteiger partial charge in [-0.15, -0.1) is 0 Å². The highest BCUT2D eigenvalue weighted by Gasteiger charge is 2.22. The maximum Gasteiger partial charge on any atom is 0.251 e. The van der Waals surface area contributed by atoms with Crippen LogP contribution in [-0.2, 0) is 0 Å². The van der Waals surface area contributed by atoms with Gasteiger partial charge >= 0.3 is 0 Å². The van der Waals surface area contributed by atoms with Gasteiger partial charge < -0.3 is 10.4 Å². The number of aliphatic hydroxyl groups excluding tert-OH is 1. The Morgan fingerprint density at radius 2 is 2.12 bits per heavy atom. The number of carbonyl (C=O) groups excluding carboxylic acids is 1. The molecule has 3 rings (SSSR count). The third-order valence-electron chi connectivity index (χ3n) is 4.68. The van der Waals surface area contributed by atoms with Crippen molar-refractivity contribution in [3.8, 4) is 5.69 Å². The summed E-state index contributed by atoms with van der Waals surface area (Å²) in [6.07, 6.45) is 7.34. The van der Waals surface area contributed by atoms with Crippen LogP contribution in [0.1, 0.15) is 36.0 Å². The molecule has 2 N–H and O–H groups in total. The number of rotatable bonds is 8. The van der Waals surface area contributed by atoms with Crippen LogP contribution in [0.3, 0.4) is 0 Å². The van der Waals surface area contributed by atoms with Crippen LogP contribution in [0.15, 0.2) is 36.9 Å². The molecule has 7 heteroatoms. The summed E-state index contributed by atoms with van der Waals surface area (Å²) < 4.78 is 1.65. The Labute approximate surface area is 147 Å². The first-order valence-electron chi connectivity index (χ1n) is 8.86. The molecule has 1 saturated heterocycles. The normalized spacial score (nSPS) is 17.7. The monoisotopic (exact) mass is 343 g/mol. The lowest BCUT2D eigenvalue weighted by molar-refractivity contribution is 0.0952. The van der Waals surface area contributed by atoms with Crippen LogP contribution in [0.2, 0.25) is 0 Å². The second-order valence-corrected chi connectivity index (χ2v) is 6.36. The van der Waals surface area contributed by atoms with Crippen molar-refractivity contribution in [2.45, 2.75) is 31.7 Å².